The minimum Gasteiger partial charge on any atom is -0.398 e. The van der Waals surface area contributed by atoms with E-state index < -0.39 is 0 Å². The van der Waals surface area contributed by atoms with Gasteiger partial charge in [-0.05, 0) is 17.2 Å². The summed E-state index contributed by atoms with van der Waals surface area (Å²) in [6.07, 6.45) is 0. The molecule has 1 aliphatic rings. The molecule has 3 heteroatoms. The number of nitrogen functional groups attached to an aromatic ring is 1. The van der Waals surface area contributed by atoms with E-state index in [2.05, 4.69) is 0 Å². The van der Waals surface area contributed by atoms with Crippen LogP contribution in [0.5, 0.6) is 0 Å². The van der Waals surface area contributed by atoms with Crippen molar-refractivity contribution in [3.05, 3.63) is 53.6 Å². The first-order chi connectivity index (χ1) is 7.29. The van der Waals surface area contributed by atoms with Crippen LogP contribution in [-0.4, -0.2) is 5.78 Å². The maximum Gasteiger partial charge on any atom is 0.196 e. The number of anilines is 1. The van der Waals surface area contributed by atoms with Crippen molar-refractivity contribution >= 4 is 11.5 Å². The zero-order chi connectivity index (χ0) is 10.4. The summed E-state index contributed by atoms with van der Waals surface area (Å²) in [5, 5.41) is 0. The van der Waals surface area contributed by atoms with Gasteiger partial charge in [-0.1, -0.05) is 36.4 Å². The molecule has 0 atom stereocenters. The maximum absolute atomic E-state index is 12.0. The van der Waals surface area contributed by atoms with Crippen LogP contribution < -0.4 is 11.9 Å². The van der Waals surface area contributed by atoms with Crippen molar-refractivity contribution in [1.29, 1.82) is 0 Å². The van der Waals surface area contributed by atoms with Gasteiger partial charge in [0, 0.05) is 11.3 Å². The van der Waals surface area contributed by atoms with E-state index in [0.717, 1.165) is 16.7 Å². The average Bonchev–Trinajstić information content (AvgIpc) is 2.55. The molecule has 1 aliphatic carbocycles. The number of carbonyl (C=O) groups excluding carboxylic acids is 1. The highest BCUT2D eigenvalue weighted by Crippen LogP contribution is 2.38. The lowest BCUT2D eigenvalue weighted by Gasteiger charge is -2.00. The van der Waals surface area contributed by atoms with Gasteiger partial charge < -0.3 is 11.9 Å². The molecule has 3 rings (SSSR count). The topological polar surface area (TPSA) is 78.1 Å². The van der Waals surface area contributed by atoms with Crippen LogP contribution in [0.2, 0.25) is 0 Å². The molecule has 0 aromatic heterocycles. The van der Waals surface area contributed by atoms with Gasteiger partial charge in [0.2, 0.25) is 0 Å². The predicted molar refractivity (Wildman–Crippen MR) is 64.7 cm³/mol. The average molecular weight is 212 g/mol. The second-order valence-corrected chi connectivity index (χ2v) is 3.64. The van der Waals surface area contributed by atoms with E-state index in [1.54, 1.807) is 6.07 Å². The summed E-state index contributed by atoms with van der Waals surface area (Å²) in [4.78, 5) is 12.0. The summed E-state index contributed by atoms with van der Waals surface area (Å²) in [5.74, 6) is 0.0405. The Kier molecular flexibility index (Phi) is 2.25. The van der Waals surface area contributed by atoms with Gasteiger partial charge in [0.15, 0.2) is 5.78 Å². The summed E-state index contributed by atoms with van der Waals surface area (Å²) in [5.41, 5.74) is 9.74. The van der Waals surface area contributed by atoms with Gasteiger partial charge in [-0.2, -0.15) is 0 Å². The zero-order valence-electron chi connectivity index (χ0n) is 8.73. The molecule has 2 aromatic rings. The molecule has 3 nitrogen and oxygen atoms in total. The predicted octanol–water partition coefficient (Wildman–Crippen LogP) is 2.64. The fraction of sp³-hybridized carbons (Fsp3) is 0. The van der Waals surface area contributed by atoms with E-state index in [1.807, 2.05) is 36.4 Å². The number of nitrogens with two attached hydrogens (primary N) is 1. The summed E-state index contributed by atoms with van der Waals surface area (Å²) < 4.78 is 0. The van der Waals surface area contributed by atoms with Crippen LogP contribution in [0.25, 0.3) is 11.1 Å². The number of hydrogen-bond donors (Lipinski definition) is 2. The van der Waals surface area contributed by atoms with Gasteiger partial charge >= 0.3 is 0 Å². The van der Waals surface area contributed by atoms with Crippen LogP contribution in [0.3, 0.4) is 0 Å². The second kappa shape index (κ2) is 3.47. The number of carbonyl (C=O) groups is 1. The fourth-order valence-corrected chi connectivity index (χ4v) is 2.10. The lowest BCUT2D eigenvalue weighted by molar-refractivity contribution is 0.104. The highest BCUT2D eigenvalue weighted by molar-refractivity contribution is 6.24. The van der Waals surface area contributed by atoms with Crippen LogP contribution >= 0.6 is 0 Å². The Morgan fingerprint density at radius 3 is 2.19 bits per heavy atom. The third-order valence-electron chi connectivity index (χ3n) is 2.79. The summed E-state index contributed by atoms with van der Waals surface area (Å²) in [6, 6.07) is 13.2. The van der Waals surface area contributed by atoms with Gasteiger partial charge in [0.25, 0.3) is 0 Å². The van der Waals surface area contributed by atoms with Crippen molar-refractivity contribution in [2.24, 2.45) is 0 Å². The number of rotatable bonds is 0. The van der Waals surface area contributed by atoms with Crippen molar-refractivity contribution in [2.45, 2.75) is 0 Å². The molecule has 0 unspecified atom stereocenters. The van der Waals surface area contributed by atoms with Gasteiger partial charge in [-0.25, -0.2) is 0 Å². The maximum atomic E-state index is 12.0. The van der Waals surface area contributed by atoms with E-state index in [9.17, 15) is 4.79 Å². The summed E-state index contributed by atoms with van der Waals surface area (Å²) in [6.45, 7) is 0. The first-order valence-corrected chi connectivity index (χ1v) is 4.81. The molecule has 0 amide bonds. The number of benzene rings is 2. The van der Waals surface area contributed by atoms with Gasteiger partial charge in [-0.3, -0.25) is 4.79 Å². The van der Waals surface area contributed by atoms with E-state index in [-0.39, 0.29) is 11.9 Å². The van der Waals surface area contributed by atoms with E-state index in [1.165, 1.54) is 0 Å². The van der Waals surface area contributed by atoms with Crippen LogP contribution in [0.4, 0.5) is 5.69 Å². The lowest BCUT2D eigenvalue weighted by atomic mass is 10.1. The molecule has 16 heavy (non-hydrogen) atoms. The first kappa shape index (κ1) is 10.4. The molecule has 0 radical (unpaired) electrons. The number of fused-ring (bicyclic) bond motifs is 3. The highest BCUT2D eigenvalue weighted by atomic mass is 16.1. The van der Waals surface area contributed by atoms with Gasteiger partial charge in [-0.15, -0.1) is 0 Å². The normalized spacial score (nSPS) is 11.6. The molecular formula is C13H12N2O. The van der Waals surface area contributed by atoms with Crippen molar-refractivity contribution in [1.82, 2.24) is 6.15 Å². The minimum atomic E-state index is 0. The van der Waals surface area contributed by atoms with Crippen molar-refractivity contribution in [2.75, 3.05) is 5.73 Å². The Bertz CT molecular complexity index is 576. The second-order valence-electron chi connectivity index (χ2n) is 3.64. The van der Waals surface area contributed by atoms with Gasteiger partial charge in [0.1, 0.15) is 0 Å². The standard InChI is InChI=1S/C13H9NO.H3N/c14-11-7-3-6-9-8-4-1-2-5-10(8)13(15)12(9)11;/h1-7H,14H2;1H3. The number of hydrogen-bond acceptors (Lipinski definition) is 3. The quantitative estimate of drug-likeness (QED) is 0.562. The summed E-state index contributed by atoms with van der Waals surface area (Å²) >= 11 is 0. The third kappa shape index (κ3) is 1.15. The summed E-state index contributed by atoms with van der Waals surface area (Å²) in [7, 11) is 0. The minimum absolute atomic E-state index is 0. The molecule has 0 saturated heterocycles. The molecule has 80 valence electrons. The molecule has 5 N–H and O–H groups in total. The zero-order valence-corrected chi connectivity index (χ0v) is 8.73. The Hall–Kier alpha value is -2.13. The highest BCUT2D eigenvalue weighted by Gasteiger charge is 2.27. The lowest BCUT2D eigenvalue weighted by Crippen LogP contribution is -1.99. The van der Waals surface area contributed by atoms with Gasteiger partial charge in [0.05, 0.1) is 5.56 Å². The Morgan fingerprint density at radius 1 is 0.812 bits per heavy atom. The van der Waals surface area contributed by atoms with E-state index in [0.29, 0.717) is 11.3 Å². The van der Waals surface area contributed by atoms with Crippen LogP contribution in [0, 0.1) is 0 Å². The van der Waals surface area contributed by atoms with E-state index >= 15 is 0 Å². The van der Waals surface area contributed by atoms with Crippen molar-refractivity contribution in [3.8, 4) is 11.1 Å². The fourth-order valence-electron chi connectivity index (χ4n) is 2.10. The van der Waals surface area contributed by atoms with Crippen molar-refractivity contribution in [3.63, 3.8) is 0 Å². The molecule has 0 heterocycles. The molecule has 0 fully saturated rings. The molecule has 0 spiro atoms. The Balaban J connectivity index is 0.000000963. The van der Waals surface area contributed by atoms with Crippen LogP contribution in [0.15, 0.2) is 42.5 Å². The Morgan fingerprint density at radius 2 is 1.44 bits per heavy atom. The molecule has 0 saturated carbocycles. The largest absolute Gasteiger partial charge is 0.398 e. The third-order valence-corrected chi connectivity index (χ3v) is 2.79. The van der Waals surface area contributed by atoms with Crippen LogP contribution in [-0.2, 0) is 0 Å². The molecule has 2 aromatic carbocycles. The van der Waals surface area contributed by atoms with E-state index in [4.69, 9.17) is 5.73 Å². The first-order valence-electron chi connectivity index (χ1n) is 4.81. The monoisotopic (exact) mass is 212 g/mol. The van der Waals surface area contributed by atoms with Crippen LogP contribution in [0.1, 0.15) is 15.9 Å². The van der Waals surface area contributed by atoms with Crippen molar-refractivity contribution < 1.29 is 4.79 Å². The molecule has 0 bridgehead atoms. The molecular weight excluding hydrogens is 200 g/mol. The Labute approximate surface area is 93.5 Å². The molecule has 0 aliphatic heterocycles. The SMILES string of the molecule is N.Nc1cccc2c1C(=O)c1ccccc1-2. The number of ketones is 1. The smallest absolute Gasteiger partial charge is 0.196 e.